The Morgan fingerprint density at radius 1 is 0.905 bits per heavy atom. The van der Waals surface area contributed by atoms with Gasteiger partial charge in [0.2, 0.25) is 0 Å². The molecule has 0 N–H and O–H groups in total. The van der Waals surface area contributed by atoms with E-state index in [1.54, 1.807) is 23.1 Å². The Hall–Kier alpha value is -1.65. The lowest BCUT2D eigenvalue weighted by molar-refractivity contribution is 0.979. The molecule has 0 aliphatic carbocycles. The Balaban J connectivity index is 2.01. The molecule has 4 heteroatoms. The van der Waals surface area contributed by atoms with Crippen LogP contribution in [0, 0.1) is 13.8 Å². The minimum Gasteiger partial charge on any atom is -0.143 e. The van der Waals surface area contributed by atoms with Crippen molar-refractivity contribution in [3.05, 3.63) is 76.3 Å². The summed E-state index contributed by atoms with van der Waals surface area (Å²) < 4.78 is 1.02. The molecule has 0 aliphatic heterocycles. The number of hydrogen-bond acceptors (Lipinski definition) is 4. The molecular formula is C17H16N2S2. The van der Waals surface area contributed by atoms with Gasteiger partial charge in [0, 0.05) is 0 Å². The van der Waals surface area contributed by atoms with Crippen molar-refractivity contribution in [2.45, 2.75) is 23.4 Å². The fraction of sp³-hybridized carbons (Fsp3) is 0.176. The van der Waals surface area contributed by atoms with E-state index in [4.69, 9.17) is 0 Å². The third kappa shape index (κ3) is 3.34. The summed E-state index contributed by atoms with van der Waals surface area (Å²) in [5.41, 5.74) is 3.94. The van der Waals surface area contributed by atoms with Gasteiger partial charge in [-0.1, -0.05) is 77.7 Å². The van der Waals surface area contributed by atoms with Gasteiger partial charge in [0.15, 0.2) is 4.34 Å². The van der Waals surface area contributed by atoms with E-state index in [0.717, 1.165) is 9.35 Å². The van der Waals surface area contributed by atoms with E-state index in [-0.39, 0.29) is 5.25 Å². The number of aromatic nitrogens is 2. The predicted molar refractivity (Wildman–Crippen MR) is 90.0 cm³/mol. The zero-order chi connectivity index (χ0) is 14.7. The Kier molecular flexibility index (Phi) is 4.36. The topological polar surface area (TPSA) is 25.8 Å². The highest BCUT2D eigenvalue weighted by atomic mass is 32.2. The van der Waals surface area contributed by atoms with Crippen LogP contribution in [-0.2, 0) is 0 Å². The molecule has 0 radical (unpaired) electrons. The second-order valence-electron chi connectivity index (χ2n) is 4.85. The van der Waals surface area contributed by atoms with Crippen LogP contribution in [-0.4, -0.2) is 10.2 Å². The summed E-state index contributed by atoms with van der Waals surface area (Å²) in [6, 6.07) is 19.1. The van der Waals surface area contributed by atoms with Crippen molar-refractivity contribution in [1.29, 1.82) is 0 Å². The van der Waals surface area contributed by atoms with Crippen LogP contribution in [0.15, 0.2) is 58.9 Å². The van der Waals surface area contributed by atoms with E-state index >= 15 is 0 Å². The summed E-state index contributed by atoms with van der Waals surface area (Å²) in [5.74, 6) is 0. The van der Waals surface area contributed by atoms with Crippen molar-refractivity contribution >= 4 is 23.1 Å². The standard InChI is InChI=1S/C17H16N2S2/c1-12-8-6-7-11-15(12)16(14-9-4-3-5-10-14)21-17-19-18-13(2)20-17/h3-11,16H,1-2H3. The Morgan fingerprint density at radius 2 is 1.62 bits per heavy atom. The van der Waals surface area contributed by atoms with Gasteiger partial charge in [0.05, 0.1) is 5.25 Å². The van der Waals surface area contributed by atoms with Crippen LogP contribution in [0.1, 0.15) is 26.9 Å². The molecule has 106 valence electrons. The zero-order valence-electron chi connectivity index (χ0n) is 12.0. The molecule has 1 heterocycles. The summed E-state index contributed by atoms with van der Waals surface area (Å²) in [6.07, 6.45) is 0. The van der Waals surface area contributed by atoms with E-state index in [1.807, 2.05) is 6.92 Å². The predicted octanol–water partition coefficient (Wildman–Crippen LogP) is 5.04. The third-order valence-electron chi connectivity index (χ3n) is 3.30. The van der Waals surface area contributed by atoms with E-state index < -0.39 is 0 Å². The number of aryl methyl sites for hydroxylation is 2. The molecule has 1 unspecified atom stereocenters. The van der Waals surface area contributed by atoms with E-state index in [2.05, 4.69) is 71.7 Å². The molecule has 0 fully saturated rings. The first-order valence-electron chi connectivity index (χ1n) is 6.81. The largest absolute Gasteiger partial charge is 0.175 e. The Morgan fingerprint density at radius 3 is 2.29 bits per heavy atom. The maximum atomic E-state index is 4.27. The molecule has 3 rings (SSSR count). The molecule has 0 bridgehead atoms. The minimum absolute atomic E-state index is 0.250. The summed E-state index contributed by atoms with van der Waals surface area (Å²) in [7, 11) is 0. The fourth-order valence-corrected chi connectivity index (χ4v) is 4.48. The first-order valence-corrected chi connectivity index (χ1v) is 8.51. The molecule has 3 aromatic rings. The molecule has 2 nitrogen and oxygen atoms in total. The highest BCUT2D eigenvalue weighted by Gasteiger charge is 2.19. The zero-order valence-corrected chi connectivity index (χ0v) is 13.6. The van der Waals surface area contributed by atoms with Crippen LogP contribution in [0.2, 0.25) is 0 Å². The number of rotatable bonds is 4. The lowest BCUT2D eigenvalue weighted by Crippen LogP contribution is -1.99. The van der Waals surface area contributed by atoms with Crippen molar-refractivity contribution in [1.82, 2.24) is 10.2 Å². The van der Waals surface area contributed by atoms with Crippen molar-refractivity contribution in [2.75, 3.05) is 0 Å². The van der Waals surface area contributed by atoms with Gasteiger partial charge >= 0.3 is 0 Å². The fourth-order valence-electron chi connectivity index (χ4n) is 2.25. The van der Waals surface area contributed by atoms with Gasteiger partial charge in [0.1, 0.15) is 5.01 Å². The van der Waals surface area contributed by atoms with Crippen LogP contribution in [0.5, 0.6) is 0 Å². The maximum absolute atomic E-state index is 4.27. The smallest absolute Gasteiger partial charge is 0.143 e. The number of benzene rings is 2. The van der Waals surface area contributed by atoms with Gasteiger partial charge in [-0.05, 0) is 30.5 Å². The van der Waals surface area contributed by atoms with E-state index in [0.29, 0.717) is 0 Å². The lowest BCUT2D eigenvalue weighted by atomic mass is 10.0. The summed E-state index contributed by atoms with van der Waals surface area (Å²) in [5, 5.41) is 9.65. The molecule has 0 aliphatic rings. The Labute approximate surface area is 133 Å². The molecular weight excluding hydrogens is 296 g/mol. The first kappa shape index (κ1) is 14.3. The van der Waals surface area contributed by atoms with Crippen molar-refractivity contribution < 1.29 is 0 Å². The average molecular weight is 312 g/mol. The highest BCUT2D eigenvalue weighted by molar-refractivity contribution is 8.01. The molecule has 21 heavy (non-hydrogen) atoms. The molecule has 0 amide bonds. The SMILES string of the molecule is Cc1nnc(SC(c2ccccc2)c2ccccc2C)s1. The van der Waals surface area contributed by atoms with Gasteiger partial charge in [-0.25, -0.2) is 0 Å². The second-order valence-corrected chi connectivity index (χ2v) is 7.39. The molecule has 0 saturated heterocycles. The van der Waals surface area contributed by atoms with Gasteiger partial charge in [-0.2, -0.15) is 0 Å². The molecule has 2 aromatic carbocycles. The highest BCUT2D eigenvalue weighted by Crippen LogP contribution is 2.42. The summed E-state index contributed by atoms with van der Waals surface area (Å²) in [4.78, 5) is 0. The summed E-state index contributed by atoms with van der Waals surface area (Å²) in [6.45, 7) is 4.16. The van der Waals surface area contributed by atoms with Crippen molar-refractivity contribution in [3.63, 3.8) is 0 Å². The van der Waals surface area contributed by atoms with Gasteiger partial charge in [-0.15, -0.1) is 10.2 Å². The van der Waals surface area contributed by atoms with E-state index in [1.165, 1.54) is 16.7 Å². The molecule has 1 aromatic heterocycles. The number of thioether (sulfide) groups is 1. The average Bonchev–Trinajstić information content (AvgIpc) is 2.92. The molecule has 1 atom stereocenters. The van der Waals surface area contributed by atoms with Crippen LogP contribution < -0.4 is 0 Å². The minimum atomic E-state index is 0.250. The second kappa shape index (κ2) is 6.41. The number of nitrogens with zero attached hydrogens (tertiary/aromatic N) is 2. The first-order chi connectivity index (χ1) is 10.2. The van der Waals surface area contributed by atoms with Gasteiger partial charge in [0.25, 0.3) is 0 Å². The van der Waals surface area contributed by atoms with Crippen LogP contribution in [0.3, 0.4) is 0 Å². The van der Waals surface area contributed by atoms with E-state index in [9.17, 15) is 0 Å². The van der Waals surface area contributed by atoms with Gasteiger partial charge < -0.3 is 0 Å². The Bertz CT molecular complexity index is 722. The summed E-state index contributed by atoms with van der Waals surface area (Å²) >= 11 is 3.43. The monoisotopic (exact) mass is 312 g/mol. The molecule has 0 saturated carbocycles. The van der Waals surface area contributed by atoms with Crippen LogP contribution in [0.4, 0.5) is 0 Å². The van der Waals surface area contributed by atoms with Crippen LogP contribution >= 0.6 is 23.1 Å². The van der Waals surface area contributed by atoms with Crippen LogP contribution in [0.25, 0.3) is 0 Å². The lowest BCUT2D eigenvalue weighted by Gasteiger charge is -2.18. The van der Waals surface area contributed by atoms with Gasteiger partial charge in [-0.3, -0.25) is 0 Å². The van der Waals surface area contributed by atoms with Crippen molar-refractivity contribution in [3.8, 4) is 0 Å². The number of hydrogen-bond donors (Lipinski definition) is 0. The van der Waals surface area contributed by atoms with Crippen molar-refractivity contribution in [2.24, 2.45) is 0 Å². The normalized spacial score (nSPS) is 12.3. The maximum Gasteiger partial charge on any atom is 0.175 e. The molecule has 0 spiro atoms. The third-order valence-corrected chi connectivity index (χ3v) is 5.52. The quantitative estimate of drug-likeness (QED) is 0.631.